The van der Waals surface area contributed by atoms with Crippen LogP contribution in [-0.4, -0.2) is 11.5 Å². The molecule has 1 atom stereocenters. The summed E-state index contributed by atoms with van der Waals surface area (Å²) in [4.78, 5) is 4.35. The summed E-state index contributed by atoms with van der Waals surface area (Å²) in [5.74, 6) is 0.976. The fraction of sp³-hybridized carbons (Fsp3) is 0.357. The van der Waals surface area contributed by atoms with Gasteiger partial charge in [-0.15, -0.1) is 0 Å². The van der Waals surface area contributed by atoms with Crippen molar-refractivity contribution >= 4 is 0 Å². The Morgan fingerprint density at radius 2 is 2.24 bits per heavy atom. The van der Waals surface area contributed by atoms with E-state index < -0.39 is 0 Å². The van der Waals surface area contributed by atoms with Crippen molar-refractivity contribution in [3.05, 3.63) is 54.2 Å². The number of nitrogens with zero attached hydrogens (tertiary/aromatic N) is 1. The highest BCUT2D eigenvalue weighted by atomic mass is 16.3. The zero-order valence-electron chi connectivity index (χ0n) is 10.1. The lowest BCUT2D eigenvalue weighted by atomic mass is 10.1. The molecule has 0 aliphatic rings. The van der Waals surface area contributed by atoms with Gasteiger partial charge in [0.05, 0.1) is 12.3 Å². The zero-order valence-corrected chi connectivity index (χ0v) is 10.1. The molecule has 0 fully saturated rings. The lowest BCUT2D eigenvalue weighted by molar-refractivity contribution is 0.408. The summed E-state index contributed by atoms with van der Waals surface area (Å²) in [6, 6.07) is 10.1. The molecule has 2 aromatic rings. The van der Waals surface area contributed by atoms with Crippen LogP contribution in [0, 0.1) is 0 Å². The van der Waals surface area contributed by atoms with Gasteiger partial charge in [-0.1, -0.05) is 13.0 Å². The van der Waals surface area contributed by atoms with Gasteiger partial charge in [0.25, 0.3) is 0 Å². The molecule has 0 aliphatic heterocycles. The lowest BCUT2D eigenvalue weighted by Gasteiger charge is -2.15. The Hall–Kier alpha value is -1.61. The smallest absolute Gasteiger partial charge is 0.121 e. The van der Waals surface area contributed by atoms with Crippen molar-refractivity contribution in [2.24, 2.45) is 0 Å². The van der Waals surface area contributed by atoms with Crippen LogP contribution < -0.4 is 5.32 Å². The van der Waals surface area contributed by atoms with Crippen molar-refractivity contribution in [3.8, 4) is 0 Å². The number of hydrogen-bond donors (Lipinski definition) is 1. The highest BCUT2D eigenvalue weighted by Gasteiger charge is 2.14. The van der Waals surface area contributed by atoms with E-state index in [1.807, 2.05) is 36.5 Å². The third-order valence-corrected chi connectivity index (χ3v) is 2.67. The van der Waals surface area contributed by atoms with E-state index in [9.17, 15) is 0 Å². The zero-order chi connectivity index (χ0) is 11.9. The summed E-state index contributed by atoms with van der Waals surface area (Å²) in [6.45, 7) is 3.14. The number of nitrogens with one attached hydrogen (secondary N) is 1. The summed E-state index contributed by atoms with van der Waals surface area (Å²) < 4.78 is 5.47. The molecule has 0 aromatic carbocycles. The summed E-state index contributed by atoms with van der Waals surface area (Å²) in [7, 11) is 0. The van der Waals surface area contributed by atoms with Crippen molar-refractivity contribution in [2.45, 2.75) is 25.8 Å². The summed E-state index contributed by atoms with van der Waals surface area (Å²) in [5, 5.41) is 3.49. The van der Waals surface area contributed by atoms with Crippen molar-refractivity contribution in [1.29, 1.82) is 0 Å². The Bertz CT molecular complexity index is 411. The molecular formula is C14H18N2O. The second-order valence-corrected chi connectivity index (χ2v) is 4.05. The minimum absolute atomic E-state index is 0.208. The van der Waals surface area contributed by atoms with Crippen molar-refractivity contribution in [2.75, 3.05) is 6.54 Å². The fourth-order valence-corrected chi connectivity index (χ4v) is 1.81. The Morgan fingerprint density at radius 1 is 1.29 bits per heavy atom. The van der Waals surface area contributed by atoms with E-state index in [0.717, 1.165) is 30.8 Å². The number of aromatic nitrogens is 1. The number of hydrogen-bond acceptors (Lipinski definition) is 3. The summed E-state index contributed by atoms with van der Waals surface area (Å²) >= 11 is 0. The second kappa shape index (κ2) is 6.21. The molecule has 0 spiro atoms. The van der Waals surface area contributed by atoms with Crippen LogP contribution in [0.2, 0.25) is 0 Å². The number of pyridine rings is 1. The maximum Gasteiger partial charge on any atom is 0.121 e. The number of rotatable bonds is 6. The molecule has 1 unspecified atom stereocenters. The maximum atomic E-state index is 5.47. The van der Waals surface area contributed by atoms with Gasteiger partial charge in [0.15, 0.2) is 0 Å². The molecule has 2 aromatic heterocycles. The van der Waals surface area contributed by atoms with E-state index in [0.29, 0.717) is 0 Å². The van der Waals surface area contributed by atoms with Crippen LogP contribution in [0.25, 0.3) is 0 Å². The first kappa shape index (κ1) is 11.9. The van der Waals surface area contributed by atoms with E-state index in [4.69, 9.17) is 4.42 Å². The van der Waals surface area contributed by atoms with E-state index in [1.165, 1.54) is 0 Å². The molecular weight excluding hydrogens is 212 g/mol. The van der Waals surface area contributed by atoms with Gasteiger partial charge in [-0.25, -0.2) is 0 Å². The molecule has 2 rings (SSSR count). The van der Waals surface area contributed by atoms with Gasteiger partial charge in [0.2, 0.25) is 0 Å². The predicted octanol–water partition coefficient (Wildman–Crippen LogP) is 2.96. The average molecular weight is 230 g/mol. The van der Waals surface area contributed by atoms with E-state index in [1.54, 1.807) is 6.26 Å². The first-order valence-corrected chi connectivity index (χ1v) is 6.07. The normalized spacial score (nSPS) is 12.5. The van der Waals surface area contributed by atoms with Crippen LogP contribution in [0.1, 0.15) is 30.8 Å². The second-order valence-electron chi connectivity index (χ2n) is 4.05. The van der Waals surface area contributed by atoms with Gasteiger partial charge >= 0.3 is 0 Å². The molecule has 90 valence electrons. The topological polar surface area (TPSA) is 38.1 Å². The quantitative estimate of drug-likeness (QED) is 0.829. The highest BCUT2D eigenvalue weighted by molar-refractivity contribution is 5.11. The molecule has 0 bridgehead atoms. The summed E-state index contributed by atoms with van der Waals surface area (Å²) in [5.41, 5.74) is 1.08. The first-order chi connectivity index (χ1) is 8.40. The largest absolute Gasteiger partial charge is 0.468 e. The minimum Gasteiger partial charge on any atom is -0.468 e. The first-order valence-electron chi connectivity index (χ1n) is 6.07. The molecule has 0 amide bonds. The molecule has 0 saturated carbocycles. The SMILES string of the molecule is CCCNC(Cc1ccccn1)c1ccco1. The van der Waals surface area contributed by atoms with Gasteiger partial charge in [-0.3, -0.25) is 4.98 Å². The summed E-state index contributed by atoms with van der Waals surface area (Å²) in [6.07, 6.45) is 5.51. The van der Waals surface area contributed by atoms with Crippen LogP contribution in [0.4, 0.5) is 0 Å². The fourth-order valence-electron chi connectivity index (χ4n) is 1.81. The molecule has 3 heteroatoms. The lowest BCUT2D eigenvalue weighted by Crippen LogP contribution is -2.24. The van der Waals surface area contributed by atoms with Gasteiger partial charge < -0.3 is 9.73 Å². The van der Waals surface area contributed by atoms with Crippen LogP contribution in [0.15, 0.2) is 47.2 Å². The molecule has 17 heavy (non-hydrogen) atoms. The number of furan rings is 1. The molecule has 2 heterocycles. The van der Waals surface area contributed by atoms with Crippen LogP contribution >= 0.6 is 0 Å². The van der Waals surface area contributed by atoms with Gasteiger partial charge in [-0.2, -0.15) is 0 Å². The van der Waals surface area contributed by atoms with Gasteiger partial charge in [0, 0.05) is 18.3 Å². The molecule has 0 radical (unpaired) electrons. The van der Waals surface area contributed by atoms with Crippen LogP contribution in [0.3, 0.4) is 0 Å². The monoisotopic (exact) mass is 230 g/mol. The van der Waals surface area contributed by atoms with Crippen LogP contribution in [0.5, 0.6) is 0 Å². The Morgan fingerprint density at radius 3 is 2.88 bits per heavy atom. The Kier molecular flexibility index (Phi) is 4.33. The average Bonchev–Trinajstić information content (AvgIpc) is 2.89. The molecule has 0 saturated heterocycles. The van der Waals surface area contributed by atoms with Gasteiger partial charge in [0.1, 0.15) is 5.76 Å². The highest BCUT2D eigenvalue weighted by Crippen LogP contribution is 2.17. The predicted molar refractivity (Wildman–Crippen MR) is 67.7 cm³/mol. The third kappa shape index (κ3) is 3.43. The minimum atomic E-state index is 0.208. The Labute approximate surface area is 102 Å². The van der Waals surface area contributed by atoms with Crippen LogP contribution in [-0.2, 0) is 6.42 Å². The standard InChI is InChI=1S/C14H18N2O/c1-2-8-16-13(14-7-5-10-17-14)11-12-6-3-4-9-15-12/h3-7,9-10,13,16H,2,8,11H2,1H3. The van der Waals surface area contributed by atoms with Crippen molar-refractivity contribution in [1.82, 2.24) is 10.3 Å². The Balaban J connectivity index is 2.06. The van der Waals surface area contributed by atoms with E-state index in [-0.39, 0.29) is 6.04 Å². The third-order valence-electron chi connectivity index (χ3n) is 2.67. The molecule has 0 aliphatic carbocycles. The van der Waals surface area contributed by atoms with Gasteiger partial charge in [-0.05, 0) is 37.2 Å². The molecule has 1 N–H and O–H groups in total. The molecule has 3 nitrogen and oxygen atoms in total. The van der Waals surface area contributed by atoms with Crippen molar-refractivity contribution in [3.63, 3.8) is 0 Å². The van der Waals surface area contributed by atoms with E-state index >= 15 is 0 Å². The maximum absolute atomic E-state index is 5.47. The van der Waals surface area contributed by atoms with Crippen molar-refractivity contribution < 1.29 is 4.42 Å². The van der Waals surface area contributed by atoms with E-state index in [2.05, 4.69) is 17.2 Å².